The fourth-order valence-corrected chi connectivity index (χ4v) is 2.82. The molecule has 1 aromatic rings. The molecule has 0 saturated carbocycles. The summed E-state index contributed by atoms with van der Waals surface area (Å²) < 4.78 is 28.4. The minimum absolute atomic E-state index is 0.0789. The van der Waals surface area contributed by atoms with E-state index >= 15 is 0 Å². The van der Waals surface area contributed by atoms with Gasteiger partial charge >= 0.3 is 0 Å². The van der Waals surface area contributed by atoms with Crippen LogP contribution in [-0.4, -0.2) is 38.9 Å². The van der Waals surface area contributed by atoms with E-state index in [1.807, 2.05) is 0 Å². The number of Topliss-reactive ketones (excluding diaryl/α,β-unsaturated/α-hetero) is 1. The highest BCUT2D eigenvalue weighted by Gasteiger charge is 2.28. The van der Waals surface area contributed by atoms with E-state index < -0.39 is 20.9 Å². The van der Waals surface area contributed by atoms with Crippen LogP contribution in [0.4, 0.5) is 0 Å². The fourth-order valence-electron chi connectivity index (χ4n) is 1.42. The van der Waals surface area contributed by atoms with Crippen LogP contribution in [0.2, 0.25) is 5.02 Å². The van der Waals surface area contributed by atoms with Crippen molar-refractivity contribution < 1.29 is 17.9 Å². The van der Waals surface area contributed by atoms with Crippen LogP contribution in [0.15, 0.2) is 24.3 Å². The number of sulfone groups is 1. The molecule has 0 bridgehead atoms. The first-order valence-electron chi connectivity index (χ1n) is 5.39. The monoisotopic (exact) mass is 290 g/mol. The number of ketones is 1. The molecule has 0 aliphatic carbocycles. The standard InChI is InChI=1S/C12H15ClO4S/c1-9(18(15,16)7-6-17-2)12(14)10-4-3-5-11(13)8-10/h3-5,8-9H,6-7H2,1-2H3. The molecule has 1 aromatic carbocycles. The molecular weight excluding hydrogens is 276 g/mol. The topological polar surface area (TPSA) is 60.4 Å². The van der Waals surface area contributed by atoms with E-state index in [9.17, 15) is 13.2 Å². The summed E-state index contributed by atoms with van der Waals surface area (Å²) in [4.78, 5) is 12.0. The molecule has 0 heterocycles. The first-order chi connectivity index (χ1) is 8.38. The number of hydrogen-bond donors (Lipinski definition) is 0. The molecule has 0 saturated heterocycles. The molecule has 0 aromatic heterocycles. The smallest absolute Gasteiger partial charge is 0.180 e. The second-order valence-electron chi connectivity index (χ2n) is 3.88. The maximum atomic E-state index is 12.0. The van der Waals surface area contributed by atoms with E-state index in [4.69, 9.17) is 16.3 Å². The Morgan fingerprint density at radius 3 is 2.67 bits per heavy atom. The zero-order valence-electron chi connectivity index (χ0n) is 10.2. The quantitative estimate of drug-likeness (QED) is 0.752. The minimum atomic E-state index is -3.50. The van der Waals surface area contributed by atoms with Crippen LogP contribution >= 0.6 is 11.6 Å². The van der Waals surface area contributed by atoms with Gasteiger partial charge in [-0.15, -0.1) is 0 Å². The average molecular weight is 291 g/mol. The SMILES string of the molecule is COCCS(=O)(=O)C(C)C(=O)c1cccc(Cl)c1. The van der Waals surface area contributed by atoms with Gasteiger partial charge in [-0.3, -0.25) is 4.79 Å². The second kappa shape index (κ2) is 6.31. The molecule has 18 heavy (non-hydrogen) atoms. The number of carbonyl (C=O) groups excluding carboxylic acids is 1. The van der Waals surface area contributed by atoms with Gasteiger partial charge in [-0.25, -0.2) is 8.42 Å². The molecule has 0 amide bonds. The summed E-state index contributed by atoms with van der Waals surface area (Å²) in [6.45, 7) is 1.46. The molecule has 100 valence electrons. The van der Waals surface area contributed by atoms with Crippen LogP contribution in [0, 0.1) is 0 Å². The summed E-state index contributed by atoms with van der Waals surface area (Å²) in [6, 6.07) is 6.26. The molecule has 4 nitrogen and oxygen atoms in total. The Bertz CT molecular complexity index is 525. The molecule has 1 atom stereocenters. The lowest BCUT2D eigenvalue weighted by molar-refractivity contribution is 0.0991. The molecular formula is C12H15ClO4S. The van der Waals surface area contributed by atoms with E-state index in [0.29, 0.717) is 10.6 Å². The van der Waals surface area contributed by atoms with E-state index in [1.165, 1.54) is 20.1 Å². The van der Waals surface area contributed by atoms with Crippen molar-refractivity contribution in [1.29, 1.82) is 0 Å². The van der Waals surface area contributed by atoms with E-state index in [0.717, 1.165) is 0 Å². The Kier molecular flexibility index (Phi) is 5.31. The zero-order chi connectivity index (χ0) is 13.8. The van der Waals surface area contributed by atoms with Crippen LogP contribution in [0.5, 0.6) is 0 Å². The lowest BCUT2D eigenvalue weighted by Crippen LogP contribution is -2.30. The van der Waals surface area contributed by atoms with Crippen molar-refractivity contribution in [3.63, 3.8) is 0 Å². The van der Waals surface area contributed by atoms with Crippen molar-refractivity contribution in [3.05, 3.63) is 34.9 Å². The predicted octanol–water partition coefficient (Wildman–Crippen LogP) is 1.97. The fraction of sp³-hybridized carbons (Fsp3) is 0.417. The van der Waals surface area contributed by atoms with Crippen molar-refractivity contribution in [1.82, 2.24) is 0 Å². The maximum Gasteiger partial charge on any atom is 0.180 e. The number of benzene rings is 1. The van der Waals surface area contributed by atoms with Gasteiger partial charge in [0.25, 0.3) is 0 Å². The van der Waals surface area contributed by atoms with E-state index in [-0.39, 0.29) is 12.4 Å². The number of halogens is 1. The van der Waals surface area contributed by atoms with Crippen molar-refractivity contribution in [3.8, 4) is 0 Å². The van der Waals surface area contributed by atoms with Crippen LogP contribution in [-0.2, 0) is 14.6 Å². The number of carbonyl (C=O) groups is 1. The van der Waals surface area contributed by atoms with Crippen LogP contribution in [0.3, 0.4) is 0 Å². The van der Waals surface area contributed by atoms with Gasteiger partial charge in [-0.05, 0) is 19.1 Å². The third kappa shape index (κ3) is 3.80. The molecule has 0 fully saturated rings. The lowest BCUT2D eigenvalue weighted by Gasteiger charge is -2.11. The van der Waals surface area contributed by atoms with Crippen molar-refractivity contribution >= 4 is 27.2 Å². The molecule has 0 radical (unpaired) electrons. The highest BCUT2D eigenvalue weighted by Crippen LogP contribution is 2.15. The van der Waals surface area contributed by atoms with Crippen molar-refractivity contribution in [2.75, 3.05) is 19.5 Å². The number of methoxy groups -OCH3 is 1. The molecule has 1 rings (SSSR count). The van der Waals surface area contributed by atoms with E-state index in [2.05, 4.69) is 0 Å². The molecule has 0 spiro atoms. The van der Waals surface area contributed by atoms with E-state index in [1.54, 1.807) is 18.2 Å². The first-order valence-corrected chi connectivity index (χ1v) is 7.48. The Hall–Kier alpha value is -0.910. The zero-order valence-corrected chi connectivity index (χ0v) is 11.8. The number of hydrogen-bond acceptors (Lipinski definition) is 4. The highest BCUT2D eigenvalue weighted by atomic mass is 35.5. The molecule has 6 heteroatoms. The number of rotatable bonds is 6. The predicted molar refractivity (Wildman–Crippen MR) is 70.9 cm³/mol. The average Bonchev–Trinajstić information content (AvgIpc) is 2.34. The lowest BCUT2D eigenvalue weighted by atomic mass is 10.1. The summed E-state index contributed by atoms with van der Waals surface area (Å²) in [6.07, 6.45) is 0. The number of ether oxygens (including phenoxy) is 1. The van der Waals surface area contributed by atoms with Gasteiger partial charge < -0.3 is 4.74 Å². The Labute approximate surface area is 112 Å². The van der Waals surface area contributed by atoms with Crippen molar-refractivity contribution in [2.45, 2.75) is 12.2 Å². The molecule has 0 N–H and O–H groups in total. The van der Waals surface area contributed by atoms with Crippen LogP contribution < -0.4 is 0 Å². The largest absolute Gasteiger partial charge is 0.384 e. The summed E-state index contributed by atoms with van der Waals surface area (Å²) in [7, 11) is -2.08. The summed E-state index contributed by atoms with van der Waals surface area (Å²) in [5.41, 5.74) is 0.302. The van der Waals surface area contributed by atoms with Gasteiger partial charge in [0.2, 0.25) is 0 Å². The van der Waals surface area contributed by atoms with Gasteiger partial charge in [0, 0.05) is 17.7 Å². The van der Waals surface area contributed by atoms with Gasteiger partial charge in [-0.2, -0.15) is 0 Å². The minimum Gasteiger partial charge on any atom is -0.384 e. The van der Waals surface area contributed by atoms with Gasteiger partial charge in [0.15, 0.2) is 15.6 Å². The van der Waals surface area contributed by atoms with Gasteiger partial charge in [0.05, 0.1) is 12.4 Å². The maximum absolute atomic E-state index is 12.0. The normalized spacial score (nSPS) is 13.3. The Morgan fingerprint density at radius 1 is 1.44 bits per heavy atom. The third-order valence-corrected chi connectivity index (χ3v) is 4.85. The highest BCUT2D eigenvalue weighted by molar-refractivity contribution is 7.92. The summed E-state index contributed by atoms with van der Waals surface area (Å²) in [5, 5.41) is -0.687. The second-order valence-corrected chi connectivity index (χ2v) is 6.75. The third-order valence-electron chi connectivity index (χ3n) is 2.59. The molecule has 0 aliphatic rings. The van der Waals surface area contributed by atoms with Crippen LogP contribution in [0.25, 0.3) is 0 Å². The Morgan fingerprint density at radius 2 is 2.11 bits per heavy atom. The summed E-state index contributed by atoms with van der Waals surface area (Å²) >= 11 is 5.77. The van der Waals surface area contributed by atoms with Gasteiger partial charge in [-0.1, -0.05) is 23.7 Å². The summed E-state index contributed by atoms with van der Waals surface area (Å²) in [5.74, 6) is -0.620. The Balaban J connectivity index is 2.90. The van der Waals surface area contributed by atoms with Crippen molar-refractivity contribution in [2.24, 2.45) is 0 Å². The molecule has 0 aliphatic heterocycles. The molecule has 1 unspecified atom stereocenters. The van der Waals surface area contributed by atoms with Crippen LogP contribution in [0.1, 0.15) is 17.3 Å². The first kappa shape index (κ1) is 15.1. The van der Waals surface area contributed by atoms with Gasteiger partial charge in [0.1, 0.15) is 5.25 Å².